The molecule has 2 aliphatic rings. The Morgan fingerprint density at radius 2 is 1.95 bits per heavy atom. The Bertz CT molecular complexity index is 1430. The Morgan fingerprint density at radius 1 is 1.20 bits per heavy atom. The molecule has 11 heteroatoms. The van der Waals surface area contributed by atoms with Crippen molar-refractivity contribution in [2.45, 2.75) is 63.5 Å². The van der Waals surface area contributed by atoms with Gasteiger partial charge in [-0.2, -0.15) is 5.26 Å². The molecule has 3 N–H and O–H groups in total. The molecule has 0 bridgehead atoms. The summed E-state index contributed by atoms with van der Waals surface area (Å²) in [5.41, 5.74) is 3.26. The Morgan fingerprint density at radius 3 is 2.65 bits per heavy atom. The molecule has 2 atom stereocenters. The van der Waals surface area contributed by atoms with Gasteiger partial charge >= 0.3 is 0 Å². The van der Waals surface area contributed by atoms with Gasteiger partial charge in [0.05, 0.1) is 18.0 Å². The van der Waals surface area contributed by atoms with Crippen LogP contribution in [0.3, 0.4) is 0 Å². The third-order valence-corrected chi connectivity index (χ3v) is 7.86. The predicted molar refractivity (Wildman–Crippen MR) is 145 cm³/mol. The zero-order chi connectivity index (χ0) is 28.3. The van der Waals surface area contributed by atoms with Gasteiger partial charge in [-0.15, -0.1) is 5.10 Å². The molecule has 1 fully saturated rings. The molecule has 40 heavy (non-hydrogen) atoms. The van der Waals surface area contributed by atoms with Crippen molar-refractivity contribution >= 4 is 11.8 Å². The van der Waals surface area contributed by atoms with Gasteiger partial charge in [-0.25, -0.2) is 9.49 Å². The van der Waals surface area contributed by atoms with E-state index < -0.39 is 5.41 Å². The minimum absolute atomic E-state index is 0.00400. The van der Waals surface area contributed by atoms with Crippen molar-refractivity contribution in [2.75, 3.05) is 19.6 Å². The molecule has 2 heterocycles. The lowest BCUT2D eigenvalue weighted by Crippen LogP contribution is -2.42. The number of hydrogen-bond donors (Lipinski definition) is 3. The van der Waals surface area contributed by atoms with Gasteiger partial charge in [-0.1, -0.05) is 12.1 Å². The second-order valence-corrected chi connectivity index (χ2v) is 10.8. The molecule has 10 nitrogen and oxygen atoms in total. The van der Waals surface area contributed by atoms with Crippen LogP contribution < -0.4 is 10.6 Å². The van der Waals surface area contributed by atoms with Crippen LogP contribution in [0.15, 0.2) is 36.4 Å². The monoisotopic (exact) mass is 544 g/mol. The first-order valence-corrected chi connectivity index (χ1v) is 13.7. The first-order valence-electron chi connectivity index (χ1n) is 13.7. The number of hydrogen-bond acceptors (Lipinski definition) is 7. The third kappa shape index (κ3) is 5.19. The van der Waals surface area contributed by atoms with Crippen LogP contribution >= 0.6 is 0 Å². The Kier molecular flexibility index (Phi) is 7.89. The highest BCUT2D eigenvalue weighted by Crippen LogP contribution is 2.46. The maximum Gasteiger partial charge on any atom is 0.251 e. The SMILES string of the molecule is CC(C)NC(=O)c1ccc2c(c1)CCc1cc(F)ccc1C2(CCNCC(=O)N1CCC[C@H]1C#N)c1nnn[nH]1. The lowest BCUT2D eigenvalue weighted by atomic mass is 9.69. The Labute approximate surface area is 232 Å². The van der Waals surface area contributed by atoms with Crippen molar-refractivity contribution in [1.82, 2.24) is 36.2 Å². The number of rotatable bonds is 8. The molecule has 0 spiro atoms. The summed E-state index contributed by atoms with van der Waals surface area (Å²) in [6.45, 7) is 4.93. The molecule has 3 aromatic rings. The number of amides is 2. The Hall–Kier alpha value is -4.17. The standard InChI is InChI=1S/C29H33FN8O2/c1-18(2)33-27(40)21-7-9-24-19(14-21)5-6-20-15-22(30)8-10-25(20)29(24,28-34-36-37-35-28)11-12-32-17-26(39)38-13-3-4-23(38)16-31/h7-10,14-15,18,23,32H,3-6,11-13,17H2,1-2H3,(H,33,40)(H,34,35,36,37)/t23-,29?/m0/s1. The summed E-state index contributed by atoms with van der Waals surface area (Å²) in [5.74, 6) is -0.0907. The zero-order valence-electron chi connectivity index (χ0n) is 22.7. The molecular formula is C29H33FN8O2. The highest BCUT2D eigenvalue weighted by atomic mass is 19.1. The normalized spacial score (nSPS) is 20.0. The quantitative estimate of drug-likeness (QED) is 0.370. The number of carbonyl (C=O) groups is 2. The average Bonchev–Trinajstić information content (AvgIpc) is 3.63. The van der Waals surface area contributed by atoms with E-state index in [1.165, 1.54) is 6.07 Å². The summed E-state index contributed by atoms with van der Waals surface area (Å²) in [6, 6.07) is 12.3. The van der Waals surface area contributed by atoms with Crippen LogP contribution in [0.5, 0.6) is 0 Å². The fourth-order valence-corrected chi connectivity index (χ4v) is 6.06. The number of nitrogens with zero attached hydrogens (tertiary/aromatic N) is 5. The van der Waals surface area contributed by atoms with Gasteiger partial charge < -0.3 is 15.5 Å². The van der Waals surface area contributed by atoms with Crippen molar-refractivity contribution in [3.63, 3.8) is 0 Å². The number of benzene rings is 2. The zero-order valence-corrected chi connectivity index (χ0v) is 22.7. The summed E-state index contributed by atoms with van der Waals surface area (Å²) >= 11 is 0. The van der Waals surface area contributed by atoms with Gasteiger partial charge in [0, 0.05) is 18.2 Å². The number of halogens is 1. The van der Waals surface area contributed by atoms with E-state index in [0.29, 0.717) is 50.2 Å². The van der Waals surface area contributed by atoms with E-state index in [0.717, 1.165) is 28.7 Å². The van der Waals surface area contributed by atoms with Crippen molar-refractivity contribution in [2.24, 2.45) is 0 Å². The minimum atomic E-state index is -0.885. The van der Waals surface area contributed by atoms with Gasteiger partial charge in [0.1, 0.15) is 11.9 Å². The fourth-order valence-electron chi connectivity index (χ4n) is 6.06. The number of aromatic nitrogens is 4. The molecule has 208 valence electrons. The number of carbonyl (C=O) groups excluding carboxylic acids is 2. The number of nitrogens with one attached hydrogen (secondary N) is 3. The summed E-state index contributed by atoms with van der Waals surface area (Å²) < 4.78 is 14.5. The first kappa shape index (κ1) is 27.4. The number of likely N-dealkylation sites (tertiary alicyclic amines) is 1. The predicted octanol–water partition coefficient (Wildman–Crippen LogP) is 2.40. The van der Waals surface area contributed by atoms with Gasteiger partial charge in [0.2, 0.25) is 5.91 Å². The number of nitriles is 1. The Balaban J connectivity index is 1.51. The molecule has 1 unspecified atom stereocenters. The summed E-state index contributed by atoms with van der Waals surface area (Å²) in [4.78, 5) is 27.3. The second-order valence-electron chi connectivity index (χ2n) is 10.8. The van der Waals surface area contributed by atoms with Crippen LogP contribution in [-0.2, 0) is 23.1 Å². The molecule has 1 aliphatic carbocycles. The molecule has 1 aliphatic heterocycles. The number of H-pyrrole nitrogens is 1. The number of aryl methyl sites for hydroxylation is 2. The largest absolute Gasteiger partial charge is 0.350 e. The second kappa shape index (κ2) is 11.5. The molecule has 0 saturated carbocycles. The van der Waals surface area contributed by atoms with Gasteiger partial charge in [-0.05, 0) is 109 Å². The number of fused-ring (bicyclic) bond motifs is 2. The van der Waals surface area contributed by atoms with Crippen LogP contribution in [0.1, 0.15) is 71.5 Å². The van der Waals surface area contributed by atoms with Crippen molar-refractivity contribution in [3.8, 4) is 6.07 Å². The van der Waals surface area contributed by atoms with Crippen LogP contribution in [0.2, 0.25) is 0 Å². The third-order valence-electron chi connectivity index (χ3n) is 7.86. The highest BCUT2D eigenvalue weighted by molar-refractivity contribution is 5.94. The van der Waals surface area contributed by atoms with E-state index in [2.05, 4.69) is 37.3 Å². The molecule has 1 aromatic heterocycles. The molecule has 2 aromatic carbocycles. The minimum Gasteiger partial charge on any atom is -0.350 e. The molecule has 0 radical (unpaired) electrons. The van der Waals surface area contributed by atoms with E-state index in [1.807, 2.05) is 26.0 Å². The average molecular weight is 545 g/mol. The molecular weight excluding hydrogens is 511 g/mol. The maximum atomic E-state index is 14.5. The number of tetrazole rings is 1. The van der Waals surface area contributed by atoms with Gasteiger partial charge in [0.25, 0.3) is 5.91 Å². The lowest BCUT2D eigenvalue weighted by Gasteiger charge is -2.34. The molecule has 2 amide bonds. The van der Waals surface area contributed by atoms with E-state index in [1.54, 1.807) is 23.1 Å². The van der Waals surface area contributed by atoms with Crippen LogP contribution in [-0.4, -0.2) is 69.1 Å². The van der Waals surface area contributed by atoms with Gasteiger partial charge in [0.15, 0.2) is 5.82 Å². The lowest BCUT2D eigenvalue weighted by molar-refractivity contribution is -0.130. The highest BCUT2D eigenvalue weighted by Gasteiger charge is 2.44. The topological polar surface area (TPSA) is 140 Å². The van der Waals surface area contributed by atoms with Gasteiger partial charge in [-0.3, -0.25) is 9.59 Å². The van der Waals surface area contributed by atoms with E-state index in [9.17, 15) is 19.2 Å². The van der Waals surface area contributed by atoms with Crippen LogP contribution in [0.25, 0.3) is 0 Å². The molecule has 5 rings (SSSR count). The van der Waals surface area contributed by atoms with Crippen molar-refractivity contribution < 1.29 is 14.0 Å². The smallest absolute Gasteiger partial charge is 0.251 e. The van der Waals surface area contributed by atoms with E-state index >= 15 is 0 Å². The van der Waals surface area contributed by atoms with Crippen molar-refractivity contribution in [1.29, 1.82) is 5.26 Å². The number of aromatic amines is 1. The molecule has 1 saturated heterocycles. The van der Waals surface area contributed by atoms with E-state index in [-0.39, 0.29) is 36.3 Å². The van der Waals surface area contributed by atoms with Crippen LogP contribution in [0, 0.1) is 17.1 Å². The first-order chi connectivity index (χ1) is 19.3. The van der Waals surface area contributed by atoms with Crippen LogP contribution in [0.4, 0.5) is 4.39 Å². The van der Waals surface area contributed by atoms with E-state index in [4.69, 9.17) is 0 Å². The summed E-state index contributed by atoms with van der Waals surface area (Å²) in [7, 11) is 0. The fraction of sp³-hybridized carbons (Fsp3) is 0.448. The summed E-state index contributed by atoms with van der Waals surface area (Å²) in [5, 5.41) is 30.6. The van der Waals surface area contributed by atoms with Crippen molar-refractivity contribution in [3.05, 3.63) is 75.9 Å². The maximum absolute atomic E-state index is 14.5. The summed E-state index contributed by atoms with van der Waals surface area (Å²) in [6.07, 6.45) is 3.17.